The van der Waals surface area contributed by atoms with Crippen molar-refractivity contribution in [1.82, 2.24) is 0 Å². The quantitative estimate of drug-likeness (QED) is 0.138. The van der Waals surface area contributed by atoms with E-state index in [1.54, 1.807) is 6.92 Å². The van der Waals surface area contributed by atoms with Gasteiger partial charge in [-0.05, 0) is 34.6 Å². The molecule has 0 aromatic heterocycles. The fraction of sp³-hybridized carbons (Fsp3) is 0.818. The monoisotopic (exact) mass is 534 g/mol. The first-order valence-electron chi connectivity index (χ1n) is 9.52. The van der Waals surface area contributed by atoms with E-state index in [9.17, 15) is 23.7 Å². The van der Waals surface area contributed by atoms with E-state index >= 15 is 0 Å². The Kier molecular flexibility index (Phi) is 26.2. The molecule has 0 aliphatic carbocycles. The molecule has 0 radical (unpaired) electrons. The second-order valence-electron chi connectivity index (χ2n) is 6.31. The van der Waals surface area contributed by atoms with Gasteiger partial charge >= 0.3 is 31.5 Å². The summed E-state index contributed by atoms with van der Waals surface area (Å²) in [6.45, 7) is 7.69. The fourth-order valence-electron chi connectivity index (χ4n) is 1.85. The molecule has 0 N–H and O–H groups in total. The standard InChI is InChI=1S/C18H31O12P.4CH4/c1-8-27-31(7,23)30-14(5)18(22)29-13(4)16(20)26-10-9-25-15(19)12(3)28-17(21)11(2)24-6;;;;/h11-14H,8-10H2,1-7H3;4*1H4. The third-order valence-corrected chi connectivity index (χ3v) is 4.98. The maximum atomic E-state index is 11.9. The molecule has 5 atom stereocenters. The first-order valence-corrected chi connectivity index (χ1v) is 11.5. The zero-order valence-electron chi connectivity index (χ0n) is 18.8. The van der Waals surface area contributed by atoms with E-state index < -0.39 is 55.9 Å². The van der Waals surface area contributed by atoms with Gasteiger partial charge < -0.3 is 28.2 Å². The van der Waals surface area contributed by atoms with Crippen LogP contribution in [-0.2, 0) is 56.5 Å². The van der Waals surface area contributed by atoms with Crippen molar-refractivity contribution in [2.24, 2.45) is 0 Å². The van der Waals surface area contributed by atoms with Gasteiger partial charge in [-0.3, -0.25) is 9.09 Å². The Morgan fingerprint density at radius 3 is 1.40 bits per heavy atom. The molecule has 212 valence electrons. The number of carbonyl (C=O) groups is 4. The van der Waals surface area contributed by atoms with Gasteiger partial charge in [0, 0.05) is 13.8 Å². The van der Waals surface area contributed by atoms with Crippen molar-refractivity contribution in [1.29, 1.82) is 0 Å². The second kappa shape index (κ2) is 21.3. The highest BCUT2D eigenvalue weighted by molar-refractivity contribution is 7.53. The largest absolute Gasteiger partial charge is 0.459 e. The first kappa shape index (κ1) is 43.1. The van der Waals surface area contributed by atoms with Crippen molar-refractivity contribution in [2.45, 2.75) is 88.7 Å². The smallest absolute Gasteiger partial charge is 0.347 e. The minimum atomic E-state index is -3.43. The van der Waals surface area contributed by atoms with Gasteiger partial charge in [-0.1, -0.05) is 29.7 Å². The average molecular weight is 535 g/mol. The van der Waals surface area contributed by atoms with Crippen molar-refractivity contribution in [3.63, 3.8) is 0 Å². The third kappa shape index (κ3) is 18.0. The van der Waals surface area contributed by atoms with Crippen LogP contribution in [0.4, 0.5) is 0 Å². The molecular formula is C22H47O12P. The first-order chi connectivity index (χ1) is 14.3. The summed E-state index contributed by atoms with van der Waals surface area (Å²) in [6.07, 6.45) is -4.53. The summed E-state index contributed by atoms with van der Waals surface area (Å²) in [6, 6.07) is 0. The highest BCUT2D eigenvalue weighted by Crippen LogP contribution is 2.45. The van der Waals surface area contributed by atoms with Crippen molar-refractivity contribution < 1.29 is 56.5 Å². The minimum Gasteiger partial charge on any atom is -0.459 e. The lowest BCUT2D eigenvalue weighted by atomic mass is 10.4. The molecule has 0 bridgehead atoms. The summed E-state index contributed by atoms with van der Waals surface area (Å²) >= 11 is 0. The molecular weight excluding hydrogens is 487 g/mol. The molecule has 0 heterocycles. The molecule has 0 amide bonds. The van der Waals surface area contributed by atoms with Crippen LogP contribution in [0.5, 0.6) is 0 Å². The van der Waals surface area contributed by atoms with Crippen LogP contribution in [0.1, 0.15) is 64.3 Å². The van der Waals surface area contributed by atoms with Crippen molar-refractivity contribution >= 4 is 31.5 Å². The molecule has 0 fully saturated rings. The van der Waals surface area contributed by atoms with Crippen molar-refractivity contribution in [2.75, 3.05) is 33.6 Å². The van der Waals surface area contributed by atoms with Gasteiger partial charge in [-0.2, -0.15) is 0 Å². The van der Waals surface area contributed by atoms with Gasteiger partial charge in [0.25, 0.3) is 0 Å². The Morgan fingerprint density at radius 1 is 0.686 bits per heavy atom. The number of rotatable bonds is 14. The Hall–Kier alpha value is -2.01. The summed E-state index contributed by atoms with van der Waals surface area (Å²) in [5, 5.41) is 0. The van der Waals surface area contributed by atoms with Crippen LogP contribution in [0.3, 0.4) is 0 Å². The van der Waals surface area contributed by atoms with Gasteiger partial charge in [0.15, 0.2) is 24.4 Å². The molecule has 0 spiro atoms. The lowest BCUT2D eigenvalue weighted by Gasteiger charge is -2.19. The van der Waals surface area contributed by atoms with E-state index in [-0.39, 0.29) is 49.5 Å². The van der Waals surface area contributed by atoms with Crippen molar-refractivity contribution in [3.8, 4) is 0 Å². The fourth-order valence-corrected chi connectivity index (χ4v) is 3.04. The SMILES string of the molecule is C.C.C.C.CCOP(C)(=O)OC(C)C(=O)OC(C)C(=O)OCCOC(=O)C(C)OC(=O)C(C)OC. The highest BCUT2D eigenvalue weighted by Gasteiger charge is 2.29. The molecule has 0 saturated heterocycles. The van der Waals surface area contributed by atoms with Gasteiger partial charge in [0.1, 0.15) is 13.2 Å². The van der Waals surface area contributed by atoms with Crippen LogP contribution in [0.15, 0.2) is 0 Å². The summed E-state index contributed by atoms with van der Waals surface area (Å²) in [4.78, 5) is 47.1. The lowest BCUT2D eigenvalue weighted by Crippen LogP contribution is -2.33. The third-order valence-electron chi connectivity index (χ3n) is 3.55. The van der Waals surface area contributed by atoms with Crippen LogP contribution < -0.4 is 0 Å². The summed E-state index contributed by atoms with van der Waals surface area (Å²) < 4.78 is 46.0. The molecule has 12 nitrogen and oxygen atoms in total. The Labute approximate surface area is 210 Å². The van der Waals surface area contributed by atoms with E-state index in [2.05, 4.69) is 0 Å². The lowest BCUT2D eigenvalue weighted by molar-refractivity contribution is -0.176. The number of ether oxygens (including phenoxy) is 5. The van der Waals surface area contributed by atoms with Crippen LogP contribution in [0.25, 0.3) is 0 Å². The number of hydrogen-bond acceptors (Lipinski definition) is 12. The molecule has 13 heteroatoms. The van der Waals surface area contributed by atoms with E-state index in [4.69, 9.17) is 32.7 Å². The molecule has 35 heavy (non-hydrogen) atoms. The Bertz CT molecular complexity index is 667. The number of methoxy groups -OCH3 is 1. The summed E-state index contributed by atoms with van der Waals surface area (Å²) in [5.74, 6) is -3.39. The summed E-state index contributed by atoms with van der Waals surface area (Å²) in [7, 11) is -2.11. The molecule has 0 saturated carbocycles. The normalized spacial score (nSPS) is 14.8. The van der Waals surface area contributed by atoms with Crippen molar-refractivity contribution in [3.05, 3.63) is 0 Å². The van der Waals surface area contributed by atoms with Gasteiger partial charge in [0.2, 0.25) is 0 Å². The van der Waals surface area contributed by atoms with Crippen LogP contribution in [-0.4, -0.2) is 81.9 Å². The maximum absolute atomic E-state index is 11.9. The molecule has 5 unspecified atom stereocenters. The molecule has 0 aromatic rings. The van der Waals surface area contributed by atoms with E-state index in [0.29, 0.717) is 0 Å². The van der Waals surface area contributed by atoms with E-state index in [1.807, 2.05) is 0 Å². The zero-order chi connectivity index (χ0) is 24.2. The van der Waals surface area contributed by atoms with Crippen LogP contribution >= 0.6 is 7.60 Å². The predicted molar refractivity (Wildman–Crippen MR) is 132 cm³/mol. The zero-order valence-corrected chi connectivity index (χ0v) is 19.7. The number of carbonyl (C=O) groups excluding carboxylic acids is 4. The predicted octanol–water partition coefficient (Wildman–Crippen LogP) is 3.78. The molecule has 0 rings (SSSR count). The van der Waals surface area contributed by atoms with Crippen LogP contribution in [0.2, 0.25) is 0 Å². The highest BCUT2D eigenvalue weighted by atomic mass is 31.2. The Morgan fingerprint density at radius 2 is 1.06 bits per heavy atom. The van der Waals surface area contributed by atoms with Gasteiger partial charge in [-0.25, -0.2) is 19.2 Å². The Balaban J connectivity index is -0.000000750. The van der Waals surface area contributed by atoms with Gasteiger partial charge in [-0.15, -0.1) is 0 Å². The number of hydrogen-bond donors (Lipinski definition) is 0. The second-order valence-corrected chi connectivity index (χ2v) is 8.32. The van der Waals surface area contributed by atoms with Gasteiger partial charge in [0.05, 0.1) is 6.61 Å². The molecule has 0 aliphatic rings. The van der Waals surface area contributed by atoms with Crippen LogP contribution in [0, 0.1) is 0 Å². The number of esters is 4. The van der Waals surface area contributed by atoms with E-state index in [1.165, 1.54) is 41.5 Å². The van der Waals surface area contributed by atoms with E-state index in [0.717, 1.165) is 0 Å². The molecule has 0 aliphatic heterocycles. The minimum absolute atomic E-state index is 0. The maximum Gasteiger partial charge on any atom is 0.347 e. The average Bonchev–Trinajstić information content (AvgIpc) is 2.69. The molecule has 0 aromatic carbocycles. The summed E-state index contributed by atoms with van der Waals surface area (Å²) in [5.41, 5.74) is 0. The topological polar surface area (TPSA) is 150 Å².